The largest absolute Gasteiger partial charge is 0.457 e. The number of thiocarbonyl (C=S) groups is 1. The summed E-state index contributed by atoms with van der Waals surface area (Å²) in [5.41, 5.74) is 3.79. The average molecular weight is 593 g/mol. The summed E-state index contributed by atoms with van der Waals surface area (Å²) in [6.07, 6.45) is 3.53. The maximum atomic E-state index is 13.7. The molecule has 0 bridgehead atoms. The van der Waals surface area contributed by atoms with Crippen molar-refractivity contribution in [2.45, 2.75) is 12.8 Å². The molecule has 0 aliphatic carbocycles. The van der Waals surface area contributed by atoms with Crippen LogP contribution in [0, 0.1) is 0 Å². The van der Waals surface area contributed by atoms with Crippen LogP contribution in [0.4, 0.5) is 0 Å². The molecule has 3 aromatic carbocycles. The van der Waals surface area contributed by atoms with Gasteiger partial charge in [0.05, 0.1) is 0 Å². The van der Waals surface area contributed by atoms with Gasteiger partial charge in [0.1, 0.15) is 17.2 Å². The van der Waals surface area contributed by atoms with E-state index in [2.05, 4.69) is 53.2 Å². The lowest BCUT2D eigenvalue weighted by molar-refractivity contribution is -0.122. The highest BCUT2D eigenvalue weighted by molar-refractivity contribution is 7.80. The first-order chi connectivity index (χ1) is 20.1. The molecule has 6 rings (SSSR count). The van der Waals surface area contributed by atoms with E-state index in [0.717, 1.165) is 29.7 Å². The molecule has 7 heteroatoms. The summed E-state index contributed by atoms with van der Waals surface area (Å²) < 4.78 is 6.19. The highest BCUT2D eigenvalue weighted by Gasteiger charge is 2.37. The second-order valence-corrected chi connectivity index (χ2v) is 12.1. The Balaban J connectivity index is 1.21. The molecule has 1 saturated heterocycles. The van der Waals surface area contributed by atoms with Crippen LogP contribution in [0.3, 0.4) is 0 Å². The fourth-order valence-electron chi connectivity index (χ4n) is 4.80. The summed E-state index contributed by atoms with van der Waals surface area (Å²) in [6.45, 7) is 1.21. The highest BCUT2D eigenvalue weighted by atomic mass is 32.1. The van der Waals surface area contributed by atoms with Crippen molar-refractivity contribution in [3.05, 3.63) is 135 Å². The number of carbonyl (C=O) groups is 1. The van der Waals surface area contributed by atoms with Crippen molar-refractivity contribution in [3.8, 4) is 22.6 Å². The molecule has 0 unspecified atom stereocenters. The van der Waals surface area contributed by atoms with E-state index >= 15 is 0 Å². The van der Waals surface area contributed by atoms with Crippen LogP contribution in [0.1, 0.15) is 15.3 Å². The molecule has 3 heterocycles. The Labute approximate surface area is 253 Å². The first kappa shape index (κ1) is 27.1. The Morgan fingerprint density at radius 2 is 1.34 bits per heavy atom. The summed E-state index contributed by atoms with van der Waals surface area (Å²) in [7, 11) is 0. The summed E-state index contributed by atoms with van der Waals surface area (Å²) in [6, 6.07) is 34.5. The third kappa shape index (κ3) is 6.49. The molecule has 2 aromatic heterocycles. The molecule has 1 aliphatic heterocycles. The van der Waals surface area contributed by atoms with Gasteiger partial charge in [0, 0.05) is 22.8 Å². The zero-order chi connectivity index (χ0) is 28.0. The van der Waals surface area contributed by atoms with Crippen molar-refractivity contribution in [2.24, 2.45) is 0 Å². The van der Waals surface area contributed by atoms with Gasteiger partial charge in [-0.1, -0.05) is 66.7 Å². The summed E-state index contributed by atoms with van der Waals surface area (Å²) in [5, 5.41) is 4.71. The van der Waals surface area contributed by atoms with E-state index in [1.54, 1.807) is 27.6 Å². The predicted molar refractivity (Wildman–Crippen MR) is 173 cm³/mol. The second-order valence-electron chi connectivity index (χ2n) is 9.64. The Morgan fingerprint density at radius 3 is 2.00 bits per heavy atom. The van der Waals surface area contributed by atoms with E-state index in [9.17, 15) is 4.79 Å². The standard InChI is InChI=1S/C34H28N2O2S3/c37-33-32(35(19-17-30-11-5-21-40-30)34(39)36(33)20-18-31-12-6-22-41-31)24-25-7-4-10-29(23-25)38-28-15-13-27(14-16-28)26-8-2-1-3-9-26/h1-16,21-24H,17-20H2/b32-24+. The van der Waals surface area contributed by atoms with Crippen molar-refractivity contribution >= 4 is 52.0 Å². The number of hydrogen-bond donors (Lipinski definition) is 0. The van der Waals surface area contributed by atoms with E-state index in [0.29, 0.717) is 29.6 Å². The quantitative estimate of drug-likeness (QED) is 0.120. The van der Waals surface area contributed by atoms with Crippen LogP contribution in [0.15, 0.2) is 120 Å². The van der Waals surface area contributed by atoms with Crippen molar-refractivity contribution in [2.75, 3.05) is 13.1 Å². The number of amides is 1. The minimum atomic E-state index is -0.0550. The van der Waals surface area contributed by atoms with E-state index in [1.807, 2.05) is 71.6 Å². The van der Waals surface area contributed by atoms with Crippen LogP contribution in [0.5, 0.6) is 11.5 Å². The first-order valence-corrected chi connectivity index (χ1v) is 15.6. The number of benzene rings is 3. The monoisotopic (exact) mass is 592 g/mol. The van der Waals surface area contributed by atoms with E-state index < -0.39 is 0 Å². The summed E-state index contributed by atoms with van der Waals surface area (Å²) >= 11 is 9.28. The molecule has 0 saturated carbocycles. The summed E-state index contributed by atoms with van der Waals surface area (Å²) in [4.78, 5) is 19.9. The molecule has 0 N–H and O–H groups in total. The maximum absolute atomic E-state index is 13.7. The minimum Gasteiger partial charge on any atom is -0.457 e. The third-order valence-electron chi connectivity index (χ3n) is 6.90. The van der Waals surface area contributed by atoms with Gasteiger partial charge in [0.25, 0.3) is 5.91 Å². The van der Waals surface area contributed by atoms with Crippen LogP contribution >= 0.6 is 34.9 Å². The first-order valence-electron chi connectivity index (χ1n) is 13.5. The number of carbonyl (C=O) groups excluding carboxylic acids is 1. The molecule has 5 aromatic rings. The molecule has 1 aliphatic rings. The van der Waals surface area contributed by atoms with Gasteiger partial charge >= 0.3 is 0 Å². The van der Waals surface area contributed by atoms with Crippen LogP contribution in [-0.4, -0.2) is 33.9 Å². The predicted octanol–water partition coefficient (Wildman–Crippen LogP) is 8.52. The van der Waals surface area contributed by atoms with E-state index in [1.165, 1.54) is 15.3 Å². The van der Waals surface area contributed by atoms with Gasteiger partial charge in [-0.05, 0) is 95.0 Å². The van der Waals surface area contributed by atoms with Gasteiger partial charge < -0.3 is 9.64 Å². The number of hydrogen-bond acceptors (Lipinski definition) is 5. The van der Waals surface area contributed by atoms with Crippen molar-refractivity contribution in [1.82, 2.24) is 9.80 Å². The molecule has 41 heavy (non-hydrogen) atoms. The molecule has 204 valence electrons. The van der Waals surface area contributed by atoms with Gasteiger partial charge in [-0.2, -0.15) is 0 Å². The number of thiophene rings is 2. The van der Waals surface area contributed by atoms with Gasteiger partial charge in [-0.25, -0.2) is 0 Å². The van der Waals surface area contributed by atoms with E-state index in [-0.39, 0.29) is 5.91 Å². The van der Waals surface area contributed by atoms with Crippen molar-refractivity contribution in [1.29, 1.82) is 0 Å². The molecular weight excluding hydrogens is 565 g/mol. The van der Waals surface area contributed by atoms with Crippen LogP contribution < -0.4 is 4.74 Å². The van der Waals surface area contributed by atoms with Crippen molar-refractivity contribution < 1.29 is 9.53 Å². The fourth-order valence-corrected chi connectivity index (χ4v) is 6.56. The zero-order valence-electron chi connectivity index (χ0n) is 22.3. The topological polar surface area (TPSA) is 32.8 Å². The van der Waals surface area contributed by atoms with Crippen LogP contribution in [0.2, 0.25) is 0 Å². The van der Waals surface area contributed by atoms with E-state index in [4.69, 9.17) is 17.0 Å². The van der Waals surface area contributed by atoms with Gasteiger partial charge in [0.2, 0.25) is 0 Å². The molecule has 4 nitrogen and oxygen atoms in total. The highest BCUT2D eigenvalue weighted by Crippen LogP contribution is 2.29. The average Bonchev–Trinajstić information content (AvgIpc) is 3.76. The Hall–Kier alpha value is -4.04. The summed E-state index contributed by atoms with van der Waals surface area (Å²) in [5.74, 6) is 1.41. The Morgan fingerprint density at radius 1 is 0.683 bits per heavy atom. The molecule has 1 fully saturated rings. The lowest BCUT2D eigenvalue weighted by Crippen LogP contribution is -2.34. The van der Waals surface area contributed by atoms with Crippen LogP contribution in [-0.2, 0) is 17.6 Å². The smallest absolute Gasteiger partial charge is 0.276 e. The molecular formula is C34H28N2O2S3. The second kappa shape index (κ2) is 12.6. The molecule has 1 amide bonds. The number of ether oxygens (including phenoxy) is 1. The normalized spacial score (nSPS) is 14.3. The third-order valence-corrected chi connectivity index (χ3v) is 9.21. The molecule has 0 atom stereocenters. The Bertz CT molecular complexity index is 1640. The SMILES string of the molecule is O=C1/C(=C\c2cccc(Oc3ccc(-c4ccccc4)cc3)c2)N(CCc2cccs2)C(=S)N1CCc1cccs1. The van der Waals surface area contributed by atoms with Crippen LogP contribution in [0.25, 0.3) is 17.2 Å². The van der Waals surface area contributed by atoms with Crippen molar-refractivity contribution in [3.63, 3.8) is 0 Å². The zero-order valence-corrected chi connectivity index (χ0v) is 24.8. The van der Waals surface area contributed by atoms with Gasteiger partial charge in [0.15, 0.2) is 5.11 Å². The maximum Gasteiger partial charge on any atom is 0.276 e. The van der Waals surface area contributed by atoms with Gasteiger partial charge in [-0.3, -0.25) is 9.69 Å². The lowest BCUT2D eigenvalue weighted by atomic mass is 10.1. The number of nitrogens with zero attached hydrogens (tertiary/aromatic N) is 2. The number of rotatable bonds is 10. The molecule has 0 spiro atoms. The molecule has 0 radical (unpaired) electrons. The lowest BCUT2D eigenvalue weighted by Gasteiger charge is -2.20. The van der Waals surface area contributed by atoms with Gasteiger partial charge in [-0.15, -0.1) is 22.7 Å². The fraction of sp³-hybridized carbons (Fsp3) is 0.118. The minimum absolute atomic E-state index is 0.0550. The Kier molecular flexibility index (Phi) is 8.37.